The van der Waals surface area contributed by atoms with Gasteiger partial charge in [-0.3, -0.25) is 4.99 Å². The van der Waals surface area contributed by atoms with E-state index in [1.807, 2.05) is 44.9 Å². The van der Waals surface area contributed by atoms with Crippen LogP contribution in [0.5, 0.6) is 5.75 Å². The van der Waals surface area contributed by atoms with Crippen molar-refractivity contribution < 1.29 is 14.3 Å². The summed E-state index contributed by atoms with van der Waals surface area (Å²) in [6.07, 6.45) is 1.75. The lowest BCUT2D eigenvalue weighted by molar-refractivity contribution is 0.0185. The maximum atomic E-state index is 12.3. The number of methoxy groups -OCH3 is 1. The van der Waals surface area contributed by atoms with Gasteiger partial charge >= 0.3 is 6.09 Å². The average molecular weight is 446 g/mol. The number of rotatable bonds is 4. The highest BCUT2D eigenvalue weighted by molar-refractivity contribution is 5.80. The van der Waals surface area contributed by atoms with Gasteiger partial charge in [0, 0.05) is 52.9 Å². The molecule has 2 aliphatic rings. The van der Waals surface area contributed by atoms with Crippen molar-refractivity contribution in [2.75, 3.05) is 64.9 Å². The van der Waals surface area contributed by atoms with Crippen LogP contribution in [0.2, 0.25) is 0 Å². The minimum absolute atomic E-state index is 0.201. The van der Waals surface area contributed by atoms with Crippen LogP contribution >= 0.6 is 0 Å². The Labute approximate surface area is 192 Å². The van der Waals surface area contributed by atoms with E-state index in [0.717, 1.165) is 76.1 Å². The number of hydrogen-bond acceptors (Lipinski definition) is 5. The number of hydrogen-bond donors (Lipinski definition) is 1. The van der Waals surface area contributed by atoms with Crippen LogP contribution in [0.1, 0.15) is 33.6 Å². The summed E-state index contributed by atoms with van der Waals surface area (Å²) < 4.78 is 11.0. The third-order valence-electron chi connectivity index (χ3n) is 6.03. The number of ether oxygens (including phenoxy) is 2. The van der Waals surface area contributed by atoms with E-state index < -0.39 is 5.60 Å². The Morgan fingerprint density at radius 1 is 1.06 bits per heavy atom. The quantitative estimate of drug-likeness (QED) is 0.568. The highest BCUT2D eigenvalue weighted by atomic mass is 16.6. The van der Waals surface area contributed by atoms with Gasteiger partial charge in [0.25, 0.3) is 0 Å². The maximum absolute atomic E-state index is 12.3. The molecule has 0 saturated carbocycles. The molecule has 2 heterocycles. The van der Waals surface area contributed by atoms with Gasteiger partial charge in [-0.25, -0.2) is 4.79 Å². The predicted molar refractivity (Wildman–Crippen MR) is 129 cm³/mol. The molecule has 0 spiro atoms. The highest BCUT2D eigenvalue weighted by Crippen LogP contribution is 2.28. The molecule has 2 fully saturated rings. The molecule has 32 heavy (non-hydrogen) atoms. The van der Waals surface area contributed by atoms with Crippen LogP contribution in [-0.2, 0) is 4.74 Å². The molecule has 0 unspecified atom stereocenters. The number of carbonyl (C=O) groups excluding carboxylic acids is 1. The lowest BCUT2D eigenvalue weighted by Gasteiger charge is -2.38. The second-order valence-electron chi connectivity index (χ2n) is 9.48. The number of para-hydroxylation sites is 2. The van der Waals surface area contributed by atoms with Gasteiger partial charge in [-0.15, -0.1) is 0 Å². The van der Waals surface area contributed by atoms with Crippen LogP contribution < -0.4 is 15.0 Å². The van der Waals surface area contributed by atoms with Crippen LogP contribution in [-0.4, -0.2) is 87.4 Å². The Kier molecular flexibility index (Phi) is 8.10. The van der Waals surface area contributed by atoms with Crippen molar-refractivity contribution in [1.82, 2.24) is 15.1 Å². The Morgan fingerprint density at radius 2 is 1.72 bits per heavy atom. The molecule has 1 aromatic rings. The third kappa shape index (κ3) is 6.43. The van der Waals surface area contributed by atoms with E-state index in [0.29, 0.717) is 5.92 Å². The van der Waals surface area contributed by atoms with E-state index in [-0.39, 0.29) is 6.09 Å². The van der Waals surface area contributed by atoms with E-state index >= 15 is 0 Å². The lowest BCUT2D eigenvalue weighted by atomic mass is 9.97. The standard InChI is InChI=1S/C24H39N5O3/c1-24(2,3)32-23(30)29-12-10-19(11-13-29)18-26-22(25-4)28-16-14-27(15-17-28)20-8-6-7-9-21(20)31-5/h6-9,19H,10-18H2,1-5H3,(H,25,26). The molecule has 1 aromatic carbocycles. The van der Waals surface area contributed by atoms with Gasteiger partial charge in [-0.1, -0.05) is 12.1 Å². The summed E-state index contributed by atoms with van der Waals surface area (Å²) in [6.45, 7) is 11.8. The molecule has 3 rings (SSSR count). The number of guanidine groups is 1. The summed E-state index contributed by atoms with van der Waals surface area (Å²) in [5, 5.41) is 3.57. The Morgan fingerprint density at radius 3 is 2.31 bits per heavy atom. The first-order valence-electron chi connectivity index (χ1n) is 11.6. The van der Waals surface area contributed by atoms with E-state index in [9.17, 15) is 4.79 Å². The number of likely N-dealkylation sites (tertiary alicyclic amines) is 1. The molecule has 1 amide bonds. The fourth-order valence-electron chi connectivity index (χ4n) is 4.26. The maximum Gasteiger partial charge on any atom is 0.410 e. The van der Waals surface area contributed by atoms with Crippen molar-refractivity contribution in [3.05, 3.63) is 24.3 Å². The largest absolute Gasteiger partial charge is 0.495 e. The smallest absolute Gasteiger partial charge is 0.410 e. The molecular weight excluding hydrogens is 406 g/mol. The fraction of sp³-hybridized carbons (Fsp3) is 0.667. The predicted octanol–water partition coefficient (Wildman–Crippen LogP) is 3.04. The van der Waals surface area contributed by atoms with Gasteiger partial charge < -0.3 is 29.5 Å². The van der Waals surface area contributed by atoms with Crippen molar-refractivity contribution in [2.45, 2.75) is 39.2 Å². The molecule has 0 bridgehead atoms. The fourth-order valence-corrected chi connectivity index (χ4v) is 4.26. The first-order valence-corrected chi connectivity index (χ1v) is 11.6. The zero-order valence-electron chi connectivity index (χ0n) is 20.3. The summed E-state index contributed by atoms with van der Waals surface area (Å²) >= 11 is 0. The Hall–Kier alpha value is -2.64. The molecular formula is C24H39N5O3. The number of aliphatic imine (C=N–C) groups is 1. The van der Waals surface area contributed by atoms with Crippen LogP contribution in [0.4, 0.5) is 10.5 Å². The third-order valence-corrected chi connectivity index (χ3v) is 6.03. The van der Waals surface area contributed by atoms with Crippen LogP contribution in [0.3, 0.4) is 0 Å². The first-order chi connectivity index (χ1) is 15.3. The molecule has 178 valence electrons. The van der Waals surface area contributed by atoms with Gasteiger partial charge in [-0.2, -0.15) is 0 Å². The zero-order chi connectivity index (χ0) is 23.1. The number of piperazine rings is 1. The molecule has 0 aliphatic carbocycles. The molecule has 8 heteroatoms. The van der Waals surface area contributed by atoms with Crippen molar-refractivity contribution >= 4 is 17.7 Å². The highest BCUT2D eigenvalue weighted by Gasteiger charge is 2.27. The van der Waals surface area contributed by atoms with Gasteiger partial charge in [0.15, 0.2) is 5.96 Å². The van der Waals surface area contributed by atoms with Crippen molar-refractivity contribution in [2.24, 2.45) is 10.9 Å². The summed E-state index contributed by atoms with van der Waals surface area (Å²) in [4.78, 5) is 23.3. The van der Waals surface area contributed by atoms with Crippen molar-refractivity contribution in [3.63, 3.8) is 0 Å². The minimum Gasteiger partial charge on any atom is -0.495 e. The number of anilines is 1. The zero-order valence-corrected chi connectivity index (χ0v) is 20.3. The van der Waals surface area contributed by atoms with Crippen LogP contribution in [0.15, 0.2) is 29.3 Å². The van der Waals surface area contributed by atoms with Crippen molar-refractivity contribution in [1.29, 1.82) is 0 Å². The molecule has 2 aliphatic heterocycles. The number of piperidine rings is 1. The number of nitrogens with one attached hydrogen (secondary N) is 1. The van der Waals surface area contributed by atoms with E-state index in [1.54, 1.807) is 7.11 Å². The van der Waals surface area contributed by atoms with Gasteiger partial charge in [0.1, 0.15) is 11.4 Å². The van der Waals surface area contributed by atoms with Gasteiger partial charge in [0.2, 0.25) is 0 Å². The molecule has 1 N–H and O–H groups in total. The number of nitrogens with zero attached hydrogens (tertiary/aromatic N) is 4. The monoisotopic (exact) mass is 445 g/mol. The SMILES string of the molecule is CN=C(NCC1CCN(C(=O)OC(C)(C)C)CC1)N1CCN(c2ccccc2OC)CC1. The minimum atomic E-state index is -0.447. The summed E-state index contributed by atoms with van der Waals surface area (Å²) in [7, 11) is 3.57. The number of benzene rings is 1. The first kappa shape index (κ1) is 24.0. The average Bonchev–Trinajstić information content (AvgIpc) is 2.79. The molecule has 0 radical (unpaired) electrons. The summed E-state index contributed by atoms with van der Waals surface area (Å²) in [5.41, 5.74) is 0.701. The summed E-state index contributed by atoms with van der Waals surface area (Å²) in [6, 6.07) is 8.18. The van der Waals surface area contributed by atoms with Crippen molar-refractivity contribution in [3.8, 4) is 5.75 Å². The second kappa shape index (κ2) is 10.8. The second-order valence-corrected chi connectivity index (χ2v) is 9.48. The lowest BCUT2D eigenvalue weighted by Crippen LogP contribution is -2.53. The molecule has 8 nitrogen and oxygen atoms in total. The van der Waals surface area contributed by atoms with E-state index in [1.165, 1.54) is 0 Å². The topological polar surface area (TPSA) is 69.6 Å². The number of carbonyl (C=O) groups is 1. The number of amides is 1. The normalized spacial score (nSPS) is 18.5. The van der Waals surface area contributed by atoms with Crippen LogP contribution in [0, 0.1) is 5.92 Å². The Bertz CT molecular complexity index is 776. The summed E-state index contributed by atoms with van der Waals surface area (Å²) in [5.74, 6) is 2.40. The van der Waals surface area contributed by atoms with E-state index in [2.05, 4.69) is 32.2 Å². The molecule has 2 saturated heterocycles. The van der Waals surface area contributed by atoms with E-state index in [4.69, 9.17) is 9.47 Å². The molecule has 0 aromatic heterocycles. The Balaban J connectivity index is 1.43. The van der Waals surface area contributed by atoms with Gasteiger partial charge in [0.05, 0.1) is 12.8 Å². The van der Waals surface area contributed by atoms with Crippen LogP contribution in [0.25, 0.3) is 0 Å². The van der Waals surface area contributed by atoms with Gasteiger partial charge in [-0.05, 0) is 51.7 Å². The molecule has 0 atom stereocenters.